The van der Waals surface area contributed by atoms with E-state index < -0.39 is 0 Å². The minimum atomic E-state index is -0.0820. The first kappa shape index (κ1) is 18.7. The zero-order valence-corrected chi connectivity index (χ0v) is 16.6. The molecule has 2 fully saturated rings. The number of benzene rings is 1. The van der Waals surface area contributed by atoms with E-state index in [1.807, 2.05) is 18.2 Å². The molecule has 0 spiro atoms. The molecule has 1 aromatic carbocycles. The number of morpholine rings is 1. The summed E-state index contributed by atoms with van der Waals surface area (Å²) in [5.74, 6) is 1.53. The lowest BCUT2D eigenvalue weighted by Crippen LogP contribution is -2.45. The van der Waals surface area contributed by atoms with Gasteiger partial charge in [0.25, 0.3) is 0 Å². The fourth-order valence-electron chi connectivity index (χ4n) is 3.54. The van der Waals surface area contributed by atoms with E-state index in [0.717, 1.165) is 37.5 Å². The molecule has 1 aromatic heterocycles. The Labute approximate surface area is 165 Å². The summed E-state index contributed by atoms with van der Waals surface area (Å²) in [6, 6.07) is 7.33. The first-order chi connectivity index (χ1) is 13.3. The van der Waals surface area contributed by atoms with E-state index in [1.165, 1.54) is 6.33 Å². The molecule has 0 radical (unpaired) electrons. The number of nitrogens with two attached hydrogens (primary N) is 1. The predicted octanol–water partition coefficient (Wildman–Crippen LogP) is 3.02. The largest absolute Gasteiger partial charge is 0.488 e. The fourth-order valence-corrected chi connectivity index (χ4v) is 3.54. The summed E-state index contributed by atoms with van der Waals surface area (Å²) in [5.41, 5.74) is 8.04. The molecule has 2 heterocycles. The van der Waals surface area contributed by atoms with Crippen LogP contribution in [0.3, 0.4) is 0 Å². The number of nitrogen functional groups attached to an aromatic ring is 1. The Bertz CT molecular complexity index is 886. The molecule has 4 rings (SSSR count). The van der Waals surface area contributed by atoms with Crippen LogP contribution in [-0.4, -0.2) is 46.6 Å². The van der Waals surface area contributed by atoms with Crippen molar-refractivity contribution < 1.29 is 9.47 Å². The first-order valence-corrected chi connectivity index (χ1v) is 9.73. The molecule has 7 nitrogen and oxygen atoms in total. The number of nitrogens with zero attached hydrogens (tertiary/aromatic N) is 3. The summed E-state index contributed by atoms with van der Waals surface area (Å²) in [4.78, 5) is 10.9. The highest BCUT2D eigenvalue weighted by Gasteiger charge is 2.40. The molecule has 0 amide bonds. The number of hydrogen-bond acceptors (Lipinski definition) is 7. The quantitative estimate of drug-likeness (QED) is 0.610. The Kier molecular flexibility index (Phi) is 4.71. The zero-order valence-electron chi connectivity index (χ0n) is 16.6. The van der Waals surface area contributed by atoms with Gasteiger partial charge in [-0.05, 0) is 51.8 Å². The molecule has 7 heteroatoms. The van der Waals surface area contributed by atoms with Gasteiger partial charge >= 0.3 is 0 Å². The van der Waals surface area contributed by atoms with E-state index in [9.17, 15) is 0 Å². The summed E-state index contributed by atoms with van der Waals surface area (Å²) in [7, 11) is 0. The lowest BCUT2D eigenvalue weighted by Gasteiger charge is -2.36. The van der Waals surface area contributed by atoms with E-state index in [-0.39, 0.29) is 23.5 Å². The highest BCUT2D eigenvalue weighted by molar-refractivity contribution is 6.13. The number of hydrogen-bond donors (Lipinski definition) is 2. The van der Waals surface area contributed by atoms with Crippen molar-refractivity contribution in [1.82, 2.24) is 9.97 Å². The lowest BCUT2D eigenvalue weighted by atomic mass is 10.0. The van der Waals surface area contributed by atoms with Crippen LogP contribution >= 0.6 is 0 Å². The number of ether oxygens (including phenoxy) is 2. The Balaban J connectivity index is 1.59. The Hall–Kier alpha value is -2.67. The van der Waals surface area contributed by atoms with Crippen molar-refractivity contribution in [2.24, 2.45) is 0 Å². The zero-order chi connectivity index (χ0) is 19.9. The van der Waals surface area contributed by atoms with Crippen LogP contribution in [0, 0.1) is 5.41 Å². The predicted molar refractivity (Wildman–Crippen MR) is 109 cm³/mol. The third-order valence-corrected chi connectivity index (χ3v) is 5.26. The summed E-state index contributed by atoms with van der Waals surface area (Å²) >= 11 is 0. The van der Waals surface area contributed by atoms with Gasteiger partial charge in [0.2, 0.25) is 0 Å². The molecular weight excluding hydrogens is 354 g/mol. The van der Waals surface area contributed by atoms with Crippen LogP contribution < -0.4 is 15.4 Å². The van der Waals surface area contributed by atoms with Crippen LogP contribution in [0.25, 0.3) is 0 Å². The van der Waals surface area contributed by atoms with E-state index >= 15 is 0 Å². The van der Waals surface area contributed by atoms with E-state index in [0.29, 0.717) is 16.9 Å². The van der Waals surface area contributed by atoms with Crippen molar-refractivity contribution in [3.8, 4) is 5.75 Å². The Morgan fingerprint density at radius 2 is 1.93 bits per heavy atom. The van der Waals surface area contributed by atoms with Gasteiger partial charge < -0.3 is 20.1 Å². The summed E-state index contributed by atoms with van der Waals surface area (Å²) in [6.45, 7) is 7.73. The summed E-state index contributed by atoms with van der Waals surface area (Å²) < 4.78 is 11.8. The van der Waals surface area contributed by atoms with Gasteiger partial charge in [0.15, 0.2) is 0 Å². The molecule has 148 valence electrons. The average molecular weight is 381 g/mol. The van der Waals surface area contributed by atoms with Crippen molar-refractivity contribution >= 4 is 17.2 Å². The van der Waals surface area contributed by atoms with Crippen LogP contribution in [0.5, 0.6) is 5.75 Å². The summed E-state index contributed by atoms with van der Waals surface area (Å²) in [5, 5.41) is 8.68. The van der Waals surface area contributed by atoms with Gasteiger partial charge in [-0.3, -0.25) is 5.41 Å². The highest BCUT2D eigenvalue weighted by atomic mass is 16.5. The summed E-state index contributed by atoms with van der Waals surface area (Å²) in [6.07, 6.45) is 3.88. The maximum Gasteiger partial charge on any atom is 0.132 e. The monoisotopic (exact) mass is 381 g/mol. The maximum atomic E-state index is 8.68. The minimum absolute atomic E-state index is 0.0820. The van der Waals surface area contributed by atoms with E-state index in [1.54, 1.807) is 6.07 Å². The SMILES string of the molecule is C[C@@H]1CN(c2cc(C(=N)c3cc(OC4(C)CC4)ccc3N)ncn2)C[C@H](C)O1. The van der Waals surface area contributed by atoms with Gasteiger partial charge in [-0.25, -0.2) is 9.97 Å². The van der Waals surface area contributed by atoms with Crippen LogP contribution in [0.15, 0.2) is 30.6 Å². The number of aromatic nitrogens is 2. The molecule has 0 unspecified atom stereocenters. The maximum absolute atomic E-state index is 8.68. The molecule has 3 N–H and O–H groups in total. The molecule has 0 bridgehead atoms. The lowest BCUT2D eigenvalue weighted by molar-refractivity contribution is -0.00546. The van der Waals surface area contributed by atoms with Crippen molar-refractivity contribution in [3.05, 3.63) is 41.9 Å². The second kappa shape index (κ2) is 7.05. The molecule has 2 aliphatic rings. The smallest absolute Gasteiger partial charge is 0.132 e. The van der Waals surface area contributed by atoms with Crippen molar-refractivity contribution in [2.45, 2.75) is 51.4 Å². The van der Waals surface area contributed by atoms with Gasteiger partial charge in [0.1, 0.15) is 23.5 Å². The second-order valence-corrected chi connectivity index (χ2v) is 8.10. The molecule has 2 atom stereocenters. The number of rotatable bonds is 5. The van der Waals surface area contributed by atoms with Gasteiger partial charge in [0, 0.05) is 30.4 Å². The van der Waals surface area contributed by atoms with Gasteiger partial charge in [0.05, 0.1) is 23.6 Å². The van der Waals surface area contributed by atoms with Crippen LogP contribution in [0.2, 0.25) is 0 Å². The van der Waals surface area contributed by atoms with Gasteiger partial charge in [-0.2, -0.15) is 0 Å². The number of nitrogens with one attached hydrogen (secondary N) is 1. The van der Waals surface area contributed by atoms with E-state index in [4.69, 9.17) is 20.6 Å². The minimum Gasteiger partial charge on any atom is -0.488 e. The van der Waals surface area contributed by atoms with Crippen molar-refractivity contribution in [2.75, 3.05) is 23.7 Å². The average Bonchev–Trinajstić information content (AvgIpc) is 3.39. The first-order valence-electron chi connectivity index (χ1n) is 9.73. The van der Waals surface area contributed by atoms with Gasteiger partial charge in [-0.1, -0.05) is 0 Å². The molecule has 1 saturated heterocycles. The van der Waals surface area contributed by atoms with E-state index in [2.05, 4.69) is 35.6 Å². The highest BCUT2D eigenvalue weighted by Crippen LogP contribution is 2.40. The molecule has 1 saturated carbocycles. The second-order valence-electron chi connectivity index (χ2n) is 8.10. The molecule has 2 aromatic rings. The van der Waals surface area contributed by atoms with Crippen molar-refractivity contribution in [1.29, 1.82) is 5.41 Å². The Morgan fingerprint density at radius 1 is 1.21 bits per heavy atom. The van der Waals surface area contributed by atoms with Gasteiger partial charge in [-0.15, -0.1) is 0 Å². The standard InChI is InChI=1S/C21H27N5O2/c1-13-10-26(11-14(2)27-13)19-9-18(24-12-25-19)20(23)16-8-15(4-5-17(16)22)28-21(3)6-7-21/h4-5,8-9,12-14,23H,6-7,10-11,22H2,1-3H3/t13-,14+. The third-order valence-electron chi connectivity index (χ3n) is 5.26. The fraction of sp³-hybridized carbons (Fsp3) is 0.476. The molecular formula is C21H27N5O2. The normalized spacial score (nSPS) is 23.3. The number of anilines is 2. The third kappa shape index (κ3) is 3.94. The van der Waals surface area contributed by atoms with Crippen LogP contribution in [-0.2, 0) is 4.74 Å². The Morgan fingerprint density at radius 3 is 2.61 bits per heavy atom. The molecule has 1 aliphatic carbocycles. The molecule has 1 aliphatic heterocycles. The van der Waals surface area contributed by atoms with Crippen LogP contribution in [0.4, 0.5) is 11.5 Å². The topological polar surface area (TPSA) is 97.4 Å². The van der Waals surface area contributed by atoms with Crippen LogP contribution in [0.1, 0.15) is 44.9 Å². The van der Waals surface area contributed by atoms with Crippen molar-refractivity contribution in [3.63, 3.8) is 0 Å². The molecule has 28 heavy (non-hydrogen) atoms.